The van der Waals surface area contributed by atoms with Crippen molar-refractivity contribution in [3.05, 3.63) is 69.4 Å². The van der Waals surface area contributed by atoms with Gasteiger partial charge in [0.25, 0.3) is 5.91 Å². The molecular weight excluding hydrogens is 400 g/mol. The topological polar surface area (TPSA) is 54.7 Å². The summed E-state index contributed by atoms with van der Waals surface area (Å²) in [6.07, 6.45) is 0. The van der Waals surface area contributed by atoms with Gasteiger partial charge in [-0.3, -0.25) is 9.69 Å². The molecule has 0 radical (unpaired) electrons. The number of carbonyl (C=O) groups excluding carboxylic acids is 1. The van der Waals surface area contributed by atoms with Crippen LogP contribution in [-0.2, 0) is 4.74 Å². The third-order valence-corrected chi connectivity index (χ3v) is 6.03. The van der Waals surface area contributed by atoms with Crippen molar-refractivity contribution in [1.82, 2.24) is 10.2 Å². The zero-order valence-corrected chi connectivity index (χ0v) is 18.4. The molecule has 4 rings (SSSR count). The molecule has 1 fully saturated rings. The normalized spacial score (nSPS) is 16.0. The largest absolute Gasteiger partial charge is 0.451 e. The Morgan fingerprint density at radius 3 is 2.53 bits per heavy atom. The fourth-order valence-electron chi connectivity index (χ4n) is 4.31. The Morgan fingerprint density at radius 1 is 1.13 bits per heavy atom. The van der Waals surface area contributed by atoms with E-state index in [0.29, 0.717) is 30.5 Å². The summed E-state index contributed by atoms with van der Waals surface area (Å²) in [5.74, 6) is 0.198. The number of nitrogens with one attached hydrogen (secondary N) is 1. The van der Waals surface area contributed by atoms with Gasteiger partial charge < -0.3 is 14.5 Å². The predicted molar refractivity (Wildman–Crippen MR) is 119 cm³/mol. The van der Waals surface area contributed by atoms with Crippen molar-refractivity contribution in [2.75, 3.05) is 32.8 Å². The molecule has 0 bridgehead atoms. The van der Waals surface area contributed by atoms with Crippen LogP contribution in [0.3, 0.4) is 0 Å². The Kier molecular flexibility index (Phi) is 6.14. The van der Waals surface area contributed by atoms with Gasteiger partial charge in [0.1, 0.15) is 5.58 Å². The highest BCUT2D eigenvalue weighted by Crippen LogP contribution is 2.30. The van der Waals surface area contributed by atoms with E-state index in [1.807, 2.05) is 44.2 Å². The Balaban J connectivity index is 1.56. The lowest BCUT2D eigenvalue weighted by molar-refractivity contribution is 0.0161. The fourth-order valence-corrected chi connectivity index (χ4v) is 4.43. The average Bonchev–Trinajstić information content (AvgIpc) is 3.06. The van der Waals surface area contributed by atoms with E-state index in [9.17, 15) is 4.79 Å². The van der Waals surface area contributed by atoms with Crippen molar-refractivity contribution in [2.24, 2.45) is 0 Å². The zero-order valence-electron chi connectivity index (χ0n) is 17.6. The molecule has 1 aromatic heterocycles. The molecule has 1 saturated heterocycles. The monoisotopic (exact) mass is 426 g/mol. The fraction of sp³-hybridized carbons (Fsp3) is 0.375. The Labute approximate surface area is 181 Å². The summed E-state index contributed by atoms with van der Waals surface area (Å²) < 4.78 is 11.5. The second kappa shape index (κ2) is 8.80. The Hall–Kier alpha value is -2.34. The molecule has 1 amide bonds. The molecule has 0 saturated carbocycles. The summed E-state index contributed by atoms with van der Waals surface area (Å²) in [5.41, 5.74) is 5.01. The van der Waals surface area contributed by atoms with Crippen LogP contribution >= 0.6 is 11.6 Å². The molecule has 0 aliphatic carbocycles. The molecular formula is C24H27ClN2O3. The molecule has 5 nitrogen and oxygen atoms in total. The standard InChI is InChI=1S/C24H27ClN2O3/c1-15-12-16(2)22-17(3)23(30-21(22)13-15)24(28)26-14-20(27-8-10-29-11-9-27)18-4-6-19(25)7-5-18/h4-7,12-13,20H,8-11,14H2,1-3H3,(H,26,28)/t20-/m1/s1. The number of morpholine rings is 1. The third-order valence-electron chi connectivity index (χ3n) is 5.77. The van der Waals surface area contributed by atoms with Crippen LogP contribution in [-0.4, -0.2) is 43.7 Å². The Bertz CT molecular complexity index is 1050. The maximum Gasteiger partial charge on any atom is 0.287 e. The van der Waals surface area contributed by atoms with E-state index in [1.165, 1.54) is 0 Å². The molecule has 2 heterocycles. The van der Waals surface area contributed by atoms with Crippen molar-refractivity contribution >= 4 is 28.5 Å². The van der Waals surface area contributed by atoms with Crippen LogP contribution in [0.4, 0.5) is 0 Å². The van der Waals surface area contributed by atoms with Crippen molar-refractivity contribution in [3.8, 4) is 0 Å². The van der Waals surface area contributed by atoms with Gasteiger partial charge in [-0.1, -0.05) is 29.8 Å². The van der Waals surface area contributed by atoms with Crippen molar-refractivity contribution in [1.29, 1.82) is 0 Å². The van der Waals surface area contributed by atoms with Crippen molar-refractivity contribution < 1.29 is 13.9 Å². The van der Waals surface area contributed by atoms with Gasteiger partial charge in [-0.05, 0) is 55.7 Å². The first kappa shape index (κ1) is 20.9. The number of hydrogen-bond donors (Lipinski definition) is 1. The zero-order chi connectivity index (χ0) is 21.3. The molecule has 1 aliphatic rings. The SMILES string of the molecule is Cc1cc(C)c2c(C)c(C(=O)NC[C@H](c3ccc(Cl)cc3)N3CCOCC3)oc2c1. The summed E-state index contributed by atoms with van der Waals surface area (Å²) in [5, 5.41) is 4.82. The van der Waals surface area contributed by atoms with E-state index in [0.717, 1.165) is 46.3 Å². The lowest BCUT2D eigenvalue weighted by Gasteiger charge is -2.34. The number of rotatable bonds is 5. The molecule has 2 aromatic carbocycles. The smallest absolute Gasteiger partial charge is 0.287 e. The number of carbonyl (C=O) groups is 1. The maximum absolute atomic E-state index is 13.0. The molecule has 30 heavy (non-hydrogen) atoms. The predicted octanol–water partition coefficient (Wildman–Crippen LogP) is 4.81. The lowest BCUT2D eigenvalue weighted by Crippen LogP contribution is -2.43. The molecule has 0 unspecified atom stereocenters. The quantitative estimate of drug-likeness (QED) is 0.635. The van der Waals surface area contributed by atoms with Crippen LogP contribution in [0.5, 0.6) is 0 Å². The van der Waals surface area contributed by atoms with Gasteiger partial charge in [-0.25, -0.2) is 0 Å². The summed E-state index contributed by atoms with van der Waals surface area (Å²) in [7, 11) is 0. The summed E-state index contributed by atoms with van der Waals surface area (Å²) >= 11 is 6.07. The van der Waals surface area contributed by atoms with Crippen LogP contribution in [0.2, 0.25) is 5.02 Å². The van der Waals surface area contributed by atoms with Crippen LogP contribution < -0.4 is 5.32 Å². The van der Waals surface area contributed by atoms with Crippen molar-refractivity contribution in [2.45, 2.75) is 26.8 Å². The van der Waals surface area contributed by atoms with Crippen LogP contribution in [0.25, 0.3) is 11.0 Å². The van der Waals surface area contributed by atoms with Gasteiger partial charge in [0.05, 0.1) is 19.3 Å². The average molecular weight is 427 g/mol. The highest BCUT2D eigenvalue weighted by molar-refractivity contribution is 6.30. The number of hydrogen-bond acceptors (Lipinski definition) is 4. The Morgan fingerprint density at radius 2 is 1.83 bits per heavy atom. The van der Waals surface area contributed by atoms with Gasteiger partial charge in [-0.15, -0.1) is 0 Å². The second-order valence-corrected chi connectivity index (χ2v) is 8.37. The van der Waals surface area contributed by atoms with Crippen LogP contribution in [0.15, 0.2) is 40.8 Å². The summed E-state index contributed by atoms with van der Waals surface area (Å²) in [6.45, 7) is 9.55. The number of halogens is 1. The number of furan rings is 1. The minimum absolute atomic E-state index is 0.0452. The van der Waals surface area contributed by atoms with E-state index in [2.05, 4.69) is 23.2 Å². The molecule has 158 valence electrons. The maximum atomic E-state index is 13.0. The van der Waals surface area contributed by atoms with Gasteiger partial charge in [0.15, 0.2) is 5.76 Å². The number of ether oxygens (including phenoxy) is 1. The first-order valence-electron chi connectivity index (χ1n) is 10.3. The third kappa shape index (κ3) is 4.24. The highest BCUT2D eigenvalue weighted by Gasteiger charge is 2.25. The van der Waals surface area contributed by atoms with Gasteiger partial charge in [0, 0.05) is 35.6 Å². The molecule has 1 atom stereocenters. The first-order valence-corrected chi connectivity index (χ1v) is 10.7. The van der Waals surface area contributed by atoms with E-state index in [4.69, 9.17) is 20.8 Å². The van der Waals surface area contributed by atoms with E-state index >= 15 is 0 Å². The van der Waals surface area contributed by atoms with Gasteiger partial charge in [0.2, 0.25) is 0 Å². The number of benzene rings is 2. The molecule has 3 aromatic rings. The van der Waals surface area contributed by atoms with E-state index in [1.54, 1.807) is 0 Å². The van der Waals surface area contributed by atoms with Crippen molar-refractivity contribution in [3.63, 3.8) is 0 Å². The number of amides is 1. The second-order valence-electron chi connectivity index (χ2n) is 7.94. The number of aryl methyl sites for hydroxylation is 3. The molecule has 1 N–H and O–H groups in total. The van der Waals surface area contributed by atoms with E-state index < -0.39 is 0 Å². The minimum atomic E-state index is -0.187. The minimum Gasteiger partial charge on any atom is -0.451 e. The molecule has 0 spiro atoms. The van der Waals surface area contributed by atoms with Crippen LogP contribution in [0.1, 0.15) is 38.9 Å². The van der Waals surface area contributed by atoms with E-state index in [-0.39, 0.29) is 11.9 Å². The van der Waals surface area contributed by atoms with Crippen LogP contribution in [0, 0.1) is 20.8 Å². The summed E-state index contributed by atoms with van der Waals surface area (Å²) in [4.78, 5) is 15.4. The van der Waals surface area contributed by atoms with Gasteiger partial charge >= 0.3 is 0 Å². The molecule has 6 heteroatoms. The highest BCUT2D eigenvalue weighted by atomic mass is 35.5. The number of nitrogens with zero attached hydrogens (tertiary/aromatic N) is 1. The number of fused-ring (bicyclic) bond motifs is 1. The van der Waals surface area contributed by atoms with Gasteiger partial charge in [-0.2, -0.15) is 0 Å². The first-order chi connectivity index (χ1) is 14.4. The molecule has 1 aliphatic heterocycles. The lowest BCUT2D eigenvalue weighted by atomic mass is 10.0. The summed E-state index contributed by atoms with van der Waals surface area (Å²) in [6, 6.07) is 12.0.